The summed E-state index contributed by atoms with van der Waals surface area (Å²) in [6.07, 6.45) is 4.48. The first-order valence-corrected chi connectivity index (χ1v) is 11.9. The van der Waals surface area contributed by atoms with Crippen LogP contribution in [-0.2, 0) is 14.8 Å². The summed E-state index contributed by atoms with van der Waals surface area (Å²) in [6, 6.07) is 7.08. The van der Waals surface area contributed by atoms with E-state index in [9.17, 15) is 13.2 Å². The number of benzene rings is 1. The number of rotatable bonds is 8. The SMILES string of the molecule is CC1CCN(CCCNC(=O)CN(c2ccc(I)cc2)S(C)(=O)=O)CC1. The van der Waals surface area contributed by atoms with Crippen molar-refractivity contribution in [2.45, 2.75) is 26.2 Å². The van der Waals surface area contributed by atoms with Gasteiger partial charge in [0.25, 0.3) is 0 Å². The predicted octanol–water partition coefficient (Wildman–Crippen LogP) is 2.30. The number of nitrogens with zero attached hydrogens (tertiary/aromatic N) is 2. The summed E-state index contributed by atoms with van der Waals surface area (Å²) < 4.78 is 26.3. The molecule has 1 fully saturated rings. The van der Waals surface area contributed by atoms with Crippen LogP contribution in [0, 0.1) is 9.49 Å². The zero-order valence-electron chi connectivity index (χ0n) is 15.4. The third kappa shape index (κ3) is 7.03. The van der Waals surface area contributed by atoms with E-state index in [0.29, 0.717) is 12.2 Å². The van der Waals surface area contributed by atoms with E-state index in [1.54, 1.807) is 12.1 Å². The molecule has 1 aliphatic heterocycles. The van der Waals surface area contributed by atoms with Gasteiger partial charge in [-0.2, -0.15) is 0 Å². The monoisotopic (exact) mass is 493 g/mol. The van der Waals surface area contributed by atoms with Gasteiger partial charge in [0.1, 0.15) is 6.54 Å². The lowest BCUT2D eigenvalue weighted by molar-refractivity contribution is -0.119. The molecule has 0 aliphatic carbocycles. The average Bonchev–Trinajstić information content (AvgIpc) is 2.58. The smallest absolute Gasteiger partial charge is 0.240 e. The highest BCUT2D eigenvalue weighted by molar-refractivity contribution is 14.1. The minimum Gasteiger partial charge on any atom is -0.354 e. The number of likely N-dealkylation sites (tertiary alicyclic amines) is 1. The van der Waals surface area contributed by atoms with Crippen LogP contribution >= 0.6 is 22.6 Å². The van der Waals surface area contributed by atoms with E-state index in [2.05, 4.69) is 39.7 Å². The van der Waals surface area contributed by atoms with Crippen LogP contribution in [0.4, 0.5) is 5.69 Å². The molecule has 0 bridgehead atoms. The fraction of sp³-hybridized carbons (Fsp3) is 0.611. The summed E-state index contributed by atoms with van der Waals surface area (Å²) in [6.45, 7) is 5.89. The van der Waals surface area contributed by atoms with Crippen LogP contribution in [0.15, 0.2) is 24.3 Å². The predicted molar refractivity (Wildman–Crippen MR) is 114 cm³/mol. The highest BCUT2D eigenvalue weighted by Gasteiger charge is 2.20. The van der Waals surface area contributed by atoms with Crippen LogP contribution in [0.3, 0.4) is 0 Å². The molecule has 1 N–H and O–H groups in total. The van der Waals surface area contributed by atoms with E-state index in [1.165, 1.54) is 12.8 Å². The summed E-state index contributed by atoms with van der Waals surface area (Å²) in [5, 5.41) is 2.84. The molecule has 0 radical (unpaired) electrons. The van der Waals surface area contributed by atoms with Gasteiger partial charge < -0.3 is 10.2 Å². The minimum atomic E-state index is -3.52. The number of hydrogen-bond acceptors (Lipinski definition) is 4. The van der Waals surface area contributed by atoms with Crippen molar-refractivity contribution < 1.29 is 13.2 Å². The molecule has 2 rings (SSSR count). The fourth-order valence-electron chi connectivity index (χ4n) is 3.01. The van der Waals surface area contributed by atoms with Crippen LogP contribution in [0.25, 0.3) is 0 Å². The molecule has 1 saturated heterocycles. The highest BCUT2D eigenvalue weighted by atomic mass is 127. The van der Waals surface area contributed by atoms with Gasteiger partial charge in [0, 0.05) is 10.1 Å². The summed E-state index contributed by atoms with van der Waals surface area (Å²) in [4.78, 5) is 14.6. The normalized spacial score (nSPS) is 16.4. The minimum absolute atomic E-state index is 0.194. The Morgan fingerprint density at radius 3 is 2.46 bits per heavy atom. The Bertz CT molecular complexity index is 686. The molecule has 6 nitrogen and oxygen atoms in total. The maximum absolute atomic E-state index is 12.2. The van der Waals surface area contributed by atoms with Crippen molar-refractivity contribution in [1.29, 1.82) is 0 Å². The number of carbonyl (C=O) groups excluding carboxylic acids is 1. The van der Waals surface area contributed by atoms with Crippen LogP contribution in [-0.4, -0.2) is 58.2 Å². The summed E-state index contributed by atoms with van der Waals surface area (Å²) >= 11 is 2.16. The topological polar surface area (TPSA) is 69.7 Å². The van der Waals surface area contributed by atoms with Crippen molar-refractivity contribution in [3.63, 3.8) is 0 Å². The van der Waals surface area contributed by atoms with E-state index in [4.69, 9.17) is 0 Å². The molecule has 0 atom stereocenters. The van der Waals surface area contributed by atoms with Gasteiger partial charge in [0.2, 0.25) is 15.9 Å². The molecule has 0 saturated carbocycles. The number of halogens is 1. The van der Waals surface area contributed by atoms with Crippen LogP contribution in [0.1, 0.15) is 26.2 Å². The summed E-state index contributed by atoms with van der Waals surface area (Å²) in [5.41, 5.74) is 0.505. The molecule has 0 spiro atoms. The third-order valence-electron chi connectivity index (χ3n) is 4.65. The lowest BCUT2D eigenvalue weighted by Crippen LogP contribution is -2.41. The van der Waals surface area contributed by atoms with Gasteiger partial charge in [-0.25, -0.2) is 8.42 Å². The van der Waals surface area contributed by atoms with Crippen molar-refractivity contribution in [1.82, 2.24) is 10.2 Å². The zero-order chi connectivity index (χ0) is 19.2. The Morgan fingerprint density at radius 1 is 1.27 bits per heavy atom. The molecule has 1 heterocycles. The van der Waals surface area contributed by atoms with Crippen LogP contribution < -0.4 is 9.62 Å². The second-order valence-electron chi connectivity index (χ2n) is 6.97. The maximum atomic E-state index is 12.2. The van der Waals surface area contributed by atoms with Crippen LogP contribution in [0.2, 0.25) is 0 Å². The number of carbonyl (C=O) groups is 1. The standard InChI is InChI=1S/C18H28IN3O3S/c1-15-8-12-21(13-9-15)11-3-10-20-18(23)14-22(26(2,24)25)17-6-4-16(19)5-7-17/h4-7,15H,3,8-14H2,1-2H3,(H,20,23). The molecule has 0 aromatic heterocycles. The molecular formula is C18H28IN3O3S. The Kier molecular flexibility index (Phi) is 8.15. The van der Waals surface area contributed by atoms with Gasteiger partial charge in [-0.3, -0.25) is 9.10 Å². The van der Waals surface area contributed by atoms with E-state index in [1.807, 2.05) is 12.1 Å². The number of amides is 1. The van der Waals surface area contributed by atoms with Crippen molar-refractivity contribution in [3.05, 3.63) is 27.8 Å². The molecular weight excluding hydrogens is 465 g/mol. The number of nitrogens with one attached hydrogen (secondary N) is 1. The number of piperidine rings is 1. The van der Waals surface area contributed by atoms with Crippen molar-refractivity contribution in [2.75, 3.05) is 43.3 Å². The van der Waals surface area contributed by atoms with Gasteiger partial charge in [0.15, 0.2) is 0 Å². The third-order valence-corrected chi connectivity index (χ3v) is 6.51. The molecule has 146 valence electrons. The first-order valence-electron chi connectivity index (χ1n) is 8.98. The molecule has 0 unspecified atom stereocenters. The Morgan fingerprint density at radius 2 is 1.88 bits per heavy atom. The lowest BCUT2D eigenvalue weighted by atomic mass is 9.99. The quantitative estimate of drug-likeness (QED) is 0.446. The molecule has 1 aromatic rings. The van der Waals surface area contributed by atoms with Gasteiger partial charge in [-0.05, 0) is 91.7 Å². The summed E-state index contributed by atoms with van der Waals surface area (Å²) in [7, 11) is -3.52. The van der Waals surface area contributed by atoms with E-state index in [0.717, 1.165) is 46.1 Å². The van der Waals surface area contributed by atoms with Gasteiger partial charge >= 0.3 is 0 Å². The van der Waals surface area contributed by atoms with Crippen molar-refractivity contribution in [3.8, 4) is 0 Å². The van der Waals surface area contributed by atoms with Crippen LogP contribution in [0.5, 0.6) is 0 Å². The Labute approximate surface area is 170 Å². The highest BCUT2D eigenvalue weighted by Crippen LogP contribution is 2.19. The molecule has 1 aromatic carbocycles. The van der Waals surface area contributed by atoms with Crippen molar-refractivity contribution >= 4 is 44.2 Å². The van der Waals surface area contributed by atoms with Gasteiger partial charge in [-0.1, -0.05) is 6.92 Å². The number of anilines is 1. The second kappa shape index (κ2) is 9.89. The zero-order valence-corrected chi connectivity index (χ0v) is 18.4. The Balaban J connectivity index is 1.79. The first kappa shape index (κ1) is 21.4. The number of hydrogen-bond donors (Lipinski definition) is 1. The van der Waals surface area contributed by atoms with Gasteiger partial charge in [0.05, 0.1) is 11.9 Å². The average molecular weight is 493 g/mol. The fourth-order valence-corrected chi connectivity index (χ4v) is 4.23. The second-order valence-corrected chi connectivity index (χ2v) is 10.1. The van der Waals surface area contributed by atoms with E-state index < -0.39 is 10.0 Å². The first-order chi connectivity index (χ1) is 12.3. The van der Waals surface area contributed by atoms with E-state index >= 15 is 0 Å². The number of sulfonamides is 1. The molecule has 8 heteroatoms. The largest absolute Gasteiger partial charge is 0.354 e. The molecule has 26 heavy (non-hydrogen) atoms. The van der Waals surface area contributed by atoms with Crippen molar-refractivity contribution in [2.24, 2.45) is 5.92 Å². The lowest BCUT2D eigenvalue weighted by Gasteiger charge is -2.30. The Hall–Kier alpha value is -0.870. The molecule has 1 amide bonds. The summed E-state index contributed by atoms with van der Waals surface area (Å²) in [5.74, 6) is 0.537. The van der Waals surface area contributed by atoms with Gasteiger partial charge in [-0.15, -0.1) is 0 Å². The maximum Gasteiger partial charge on any atom is 0.240 e. The van der Waals surface area contributed by atoms with E-state index in [-0.39, 0.29) is 12.5 Å². The molecule has 1 aliphatic rings.